The standard InChI is InChI=1S/C72H140O17P2/c1-8-10-11-12-13-14-15-16-17-21-24-27-30-39-46-53-69(74)82-59-67(88-71(76)55-48-41-31-28-25-22-19-18-20-23-26-29-36-43-50-63(3)4)61-86-90(78,79)84-57-66(73)58-85-91(80,81)87-62-68(60-83-70(75)54-47-40-34-32-37-44-51-64(5)6)89-72(77)56-49-42-35-33-38-45-52-65(7)9-2/h63-68,73H,8-62H2,1-7H3,(H,78,79)(H,80,81)/t65?,66-,67-,68-/m1/s1. The first-order valence-electron chi connectivity index (χ1n) is 37.4. The lowest BCUT2D eigenvalue weighted by Crippen LogP contribution is -2.30. The molecule has 0 aromatic carbocycles. The number of hydrogen-bond acceptors (Lipinski definition) is 15. The number of carbonyl (C=O) groups excluding carboxylic acids is 4. The van der Waals surface area contributed by atoms with Crippen LogP contribution in [-0.2, 0) is 65.4 Å². The smallest absolute Gasteiger partial charge is 0.462 e. The minimum absolute atomic E-state index is 0.102. The molecule has 0 aliphatic heterocycles. The summed E-state index contributed by atoms with van der Waals surface area (Å²) in [5.74, 6) is 0.0672. The molecule has 3 N–H and O–H groups in total. The largest absolute Gasteiger partial charge is 0.472 e. The Morgan fingerprint density at radius 1 is 0.319 bits per heavy atom. The molecule has 0 amide bonds. The second kappa shape index (κ2) is 62.8. The van der Waals surface area contributed by atoms with E-state index >= 15 is 0 Å². The Morgan fingerprint density at radius 3 is 0.835 bits per heavy atom. The van der Waals surface area contributed by atoms with Crippen LogP contribution in [0.2, 0.25) is 0 Å². The van der Waals surface area contributed by atoms with Crippen LogP contribution in [0.3, 0.4) is 0 Å². The highest BCUT2D eigenvalue weighted by atomic mass is 31.2. The molecule has 17 nitrogen and oxygen atoms in total. The van der Waals surface area contributed by atoms with E-state index in [-0.39, 0.29) is 25.7 Å². The van der Waals surface area contributed by atoms with Gasteiger partial charge in [-0.2, -0.15) is 0 Å². The Bertz CT molecular complexity index is 1790. The van der Waals surface area contributed by atoms with Gasteiger partial charge in [0.1, 0.15) is 19.3 Å². The lowest BCUT2D eigenvalue weighted by atomic mass is 10.00. The van der Waals surface area contributed by atoms with Gasteiger partial charge in [-0.25, -0.2) is 9.13 Å². The number of aliphatic hydroxyl groups excluding tert-OH is 1. The molecule has 0 aromatic heterocycles. The van der Waals surface area contributed by atoms with Crippen LogP contribution in [0.5, 0.6) is 0 Å². The van der Waals surface area contributed by atoms with Crippen LogP contribution < -0.4 is 0 Å². The molecule has 3 unspecified atom stereocenters. The lowest BCUT2D eigenvalue weighted by Gasteiger charge is -2.21. The Balaban J connectivity index is 5.23. The number of phosphoric ester groups is 2. The Hall–Kier alpha value is -1.94. The van der Waals surface area contributed by atoms with Crippen molar-refractivity contribution in [1.29, 1.82) is 0 Å². The maximum Gasteiger partial charge on any atom is 0.472 e. The van der Waals surface area contributed by atoms with Crippen LogP contribution in [0, 0.1) is 17.8 Å². The molecule has 0 saturated heterocycles. The summed E-state index contributed by atoms with van der Waals surface area (Å²) >= 11 is 0. The van der Waals surface area contributed by atoms with Crippen LogP contribution in [0.15, 0.2) is 0 Å². The number of ether oxygens (including phenoxy) is 4. The van der Waals surface area contributed by atoms with Crippen LogP contribution in [-0.4, -0.2) is 96.7 Å². The van der Waals surface area contributed by atoms with E-state index in [1.54, 1.807) is 0 Å². The summed E-state index contributed by atoms with van der Waals surface area (Å²) in [7, 11) is -9.90. The van der Waals surface area contributed by atoms with Crippen LogP contribution in [0.4, 0.5) is 0 Å². The summed E-state index contributed by atoms with van der Waals surface area (Å²) in [6.07, 6.45) is 47.4. The van der Waals surface area contributed by atoms with E-state index in [9.17, 15) is 43.2 Å². The number of aliphatic hydroxyl groups is 1. The Kier molecular flexibility index (Phi) is 61.5. The zero-order chi connectivity index (χ0) is 67.3. The minimum Gasteiger partial charge on any atom is -0.462 e. The van der Waals surface area contributed by atoms with E-state index in [0.717, 1.165) is 108 Å². The molecule has 91 heavy (non-hydrogen) atoms. The normalized spacial score (nSPS) is 14.5. The maximum atomic E-state index is 13.0. The third kappa shape index (κ3) is 65.1. The van der Waals surface area contributed by atoms with Crippen LogP contribution in [0.1, 0.15) is 363 Å². The zero-order valence-electron chi connectivity index (χ0n) is 59.3. The average Bonchev–Trinajstić information content (AvgIpc) is 2.99. The van der Waals surface area contributed by atoms with Crippen molar-refractivity contribution in [1.82, 2.24) is 0 Å². The molecular formula is C72H140O17P2. The number of unbranched alkanes of at least 4 members (excludes halogenated alkanes) is 37. The van der Waals surface area contributed by atoms with Gasteiger partial charge in [-0.3, -0.25) is 37.3 Å². The predicted molar refractivity (Wildman–Crippen MR) is 368 cm³/mol. The SMILES string of the molecule is CCCCCCCCCCCCCCCCCC(=O)OC[C@H](COP(=O)(O)OC[C@@H](O)COP(=O)(O)OC[C@@H](COC(=O)CCCCCCCCC(C)C)OC(=O)CCCCCCCCC(C)CC)OC(=O)CCCCCCCCCCCCCCCCC(C)C. The highest BCUT2D eigenvalue weighted by Crippen LogP contribution is 2.45. The van der Waals surface area contributed by atoms with Crippen molar-refractivity contribution in [2.75, 3.05) is 39.6 Å². The van der Waals surface area contributed by atoms with E-state index in [1.165, 1.54) is 167 Å². The first-order valence-corrected chi connectivity index (χ1v) is 40.4. The molecule has 0 rings (SSSR count). The average molecular weight is 1340 g/mol. The van der Waals surface area contributed by atoms with Crippen molar-refractivity contribution in [3.8, 4) is 0 Å². The van der Waals surface area contributed by atoms with Gasteiger partial charge < -0.3 is 33.8 Å². The van der Waals surface area contributed by atoms with Crippen molar-refractivity contribution in [2.45, 2.75) is 381 Å². The molecule has 0 heterocycles. The highest BCUT2D eigenvalue weighted by molar-refractivity contribution is 7.47. The summed E-state index contributed by atoms with van der Waals surface area (Å²) in [4.78, 5) is 72.6. The molecular weight excluding hydrogens is 1200 g/mol. The summed E-state index contributed by atoms with van der Waals surface area (Å²) in [5.41, 5.74) is 0. The van der Waals surface area contributed by atoms with E-state index in [2.05, 4.69) is 48.5 Å². The zero-order valence-corrected chi connectivity index (χ0v) is 61.1. The van der Waals surface area contributed by atoms with Gasteiger partial charge in [0.2, 0.25) is 0 Å². The lowest BCUT2D eigenvalue weighted by molar-refractivity contribution is -0.161. The highest BCUT2D eigenvalue weighted by Gasteiger charge is 2.30. The number of hydrogen-bond donors (Lipinski definition) is 3. The van der Waals surface area contributed by atoms with Crippen molar-refractivity contribution in [2.24, 2.45) is 17.8 Å². The van der Waals surface area contributed by atoms with E-state index in [0.29, 0.717) is 31.6 Å². The number of carbonyl (C=O) groups is 4. The van der Waals surface area contributed by atoms with Crippen molar-refractivity contribution >= 4 is 39.5 Å². The molecule has 540 valence electrons. The minimum atomic E-state index is -4.95. The van der Waals surface area contributed by atoms with E-state index in [1.807, 2.05) is 0 Å². The van der Waals surface area contributed by atoms with Crippen LogP contribution >= 0.6 is 15.6 Å². The molecule has 0 aromatic rings. The van der Waals surface area contributed by atoms with Crippen molar-refractivity contribution in [3.63, 3.8) is 0 Å². The van der Waals surface area contributed by atoms with E-state index in [4.69, 9.17) is 37.0 Å². The van der Waals surface area contributed by atoms with Crippen LogP contribution in [0.25, 0.3) is 0 Å². The molecule has 0 bridgehead atoms. The summed E-state index contributed by atoms with van der Waals surface area (Å²) in [6, 6.07) is 0. The fraction of sp³-hybridized carbons (Fsp3) is 0.944. The first-order chi connectivity index (χ1) is 43.8. The second-order valence-corrected chi connectivity index (χ2v) is 30.1. The molecule has 0 saturated carbocycles. The van der Waals surface area contributed by atoms with Crippen molar-refractivity contribution in [3.05, 3.63) is 0 Å². The van der Waals surface area contributed by atoms with Gasteiger partial charge in [0.25, 0.3) is 0 Å². The predicted octanol–water partition coefficient (Wildman–Crippen LogP) is 20.6. The molecule has 0 aliphatic carbocycles. The summed E-state index contributed by atoms with van der Waals surface area (Å²) in [6.45, 7) is 11.8. The third-order valence-corrected chi connectivity index (χ3v) is 18.9. The van der Waals surface area contributed by atoms with Gasteiger partial charge in [-0.15, -0.1) is 0 Å². The number of phosphoric acid groups is 2. The molecule has 6 atom stereocenters. The maximum absolute atomic E-state index is 13.0. The molecule has 19 heteroatoms. The van der Waals surface area contributed by atoms with E-state index < -0.39 is 97.5 Å². The molecule has 0 radical (unpaired) electrons. The molecule has 0 spiro atoms. The first kappa shape index (κ1) is 89.1. The van der Waals surface area contributed by atoms with Gasteiger partial charge in [0.15, 0.2) is 12.2 Å². The third-order valence-electron chi connectivity index (χ3n) is 17.0. The number of esters is 4. The second-order valence-electron chi connectivity index (χ2n) is 27.2. The monoisotopic (exact) mass is 1340 g/mol. The van der Waals surface area contributed by atoms with Gasteiger partial charge in [-0.1, -0.05) is 312 Å². The molecule has 0 fully saturated rings. The van der Waals surface area contributed by atoms with Gasteiger partial charge in [-0.05, 0) is 43.4 Å². The Morgan fingerprint density at radius 2 is 0.560 bits per heavy atom. The number of rotatable bonds is 70. The Labute approximate surface area is 556 Å². The quantitative estimate of drug-likeness (QED) is 0.0222. The van der Waals surface area contributed by atoms with Crippen molar-refractivity contribution < 1.29 is 80.2 Å². The fourth-order valence-electron chi connectivity index (χ4n) is 10.9. The topological polar surface area (TPSA) is 237 Å². The van der Waals surface area contributed by atoms with Gasteiger partial charge in [0, 0.05) is 25.7 Å². The molecule has 0 aliphatic rings. The summed E-state index contributed by atoms with van der Waals surface area (Å²) in [5, 5.41) is 10.6. The van der Waals surface area contributed by atoms with Gasteiger partial charge in [0.05, 0.1) is 26.4 Å². The van der Waals surface area contributed by atoms with Gasteiger partial charge >= 0.3 is 39.5 Å². The fourth-order valence-corrected chi connectivity index (χ4v) is 12.4. The summed E-state index contributed by atoms with van der Waals surface area (Å²) < 4.78 is 68.3.